The van der Waals surface area contributed by atoms with Crippen molar-refractivity contribution in [2.24, 2.45) is 0 Å². The van der Waals surface area contributed by atoms with Gasteiger partial charge >= 0.3 is 0 Å². The van der Waals surface area contributed by atoms with Crippen molar-refractivity contribution < 1.29 is 4.74 Å². The predicted octanol–water partition coefficient (Wildman–Crippen LogP) is 1.88. The van der Waals surface area contributed by atoms with Gasteiger partial charge in [0.15, 0.2) is 0 Å². The van der Waals surface area contributed by atoms with E-state index in [0.29, 0.717) is 17.4 Å². The Morgan fingerprint density at radius 3 is 2.62 bits per heavy atom. The van der Waals surface area contributed by atoms with E-state index in [0.717, 1.165) is 50.5 Å². The summed E-state index contributed by atoms with van der Waals surface area (Å²) in [7, 11) is 0. The van der Waals surface area contributed by atoms with Crippen LogP contribution in [0.25, 0.3) is 0 Å². The summed E-state index contributed by atoms with van der Waals surface area (Å²) in [5.41, 5.74) is 5.05. The lowest BCUT2D eigenvalue weighted by molar-refractivity contribution is -0.145. The van der Waals surface area contributed by atoms with Gasteiger partial charge in [-0.1, -0.05) is 22.0 Å². The SMILES string of the molecule is O=c1ccc(CBr)cn1Nc1ccc(N2CCN(C3CCO3)CC2)cn1. The lowest BCUT2D eigenvalue weighted by Gasteiger charge is -2.43. The zero-order valence-electron chi connectivity index (χ0n) is 14.5. The summed E-state index contributed by atoms with van der Waals surface area (Å²) < 4.78 is 7.02. The van der Waals surface area contributed by atoms with Gasteiger partial charge in [-0.05, 0) is 17.7 Å². The van der Waals surface area contributed by atoms with E-state index >= 15 is 0 Å². The molecular formula is C18H22BrN5O2. The standard InChI is InChI=1S/C18H22BrN5O2/c19-11-14-1-4-17(25)24(13-14)21-16-3-2-15(12-20-16)22-6-8-23(9-7-22)18-5-10-26-18/h1-4,12-13,18H,5-11H2,(H,20,21). The molecule has 0 aromatic carbocycles. The molecule has 0 bridgehead atoms. The molecule has 2 aromatic rings. The summed E-state index contributed by atoms with van der Waals surface area (Å²) in [5.74, 6) is 0.643. The van der Waals surface area contributed by atoms with Gasteiger partial charge < -0.3 is 9.64 Å². The van der Waals surface area contributed by atoms with Crippen molar-refractivity contribution in [2.75, 3.05) is 43.1 Å². The summed E-state index contributed by atoms with van der Waals surface area (Å²) in [6.07, 6.45) is 5.11. The number of alkyl halides is 1. The van der Waals surface area contributed by atoms with Gasteiger partial charge in [0.1, 0.15) is 12.0 Å². The van der Waals surface area contributed by atoms with Crippen LogP contribution in [0.4, 0.5) is 11.5 Å². The molecule has 26 heavy (non-hydrogen) atoms. The van der Waals surface area contributed by atoms with Crippen molar-refractivity contribution in [2.45, 2.75) is 18.0 Å². The highest BCUT2D eigenvalue weighted by Crippen LogP contribution is 2.21. The van der Waals surface area contributed by atoms with Crippen LogP contribution in [0, 0.1) is 0 Å². The van der Waals surface area contributed by atoms with Gasteiger partial charge in [-0.3, -0.25) is 15.1 Å². The largest absolute Gasteiger partial charge is 0.368 e. The molecule has 7 nitrogen and oxygen atoms in total. The Balaban J connectivity index is 1.39. The first-order valence-electron chi connectivity index (χ1n) is 8.84. The van der Waals surface area contributed by atoms with Gasteiger partial charge in [0.05, 0.1) is 18.5 Å². The highest BCUT2D eigenvalue weighted by molar-refractivity contribution is 9.08. The van der Waals surface area contributed by atoms with Crippen LogP contribution < -0.4 is 15.9 Å². The van der Waals surface area contributed by atoms with E-state index in [9.17, 15) is 4.79 Å². The minimum absolute atomic E-state index is 0.116. The lowest BCUT2D eigenvalue weighted by Crippen LogP contribution is -2.54. The molecule has 0 saturated carbocycles. The number of piperazine rings is 1. The molecule has 2 aliphatic heterocycles. The molecule has 138 valence electrons. The van der Waals surface area contributed by atoms with Crippen molar-refractivity contribution in [1.82, 2.24) is 14.6 Å². The van der Waals surface area contributed by atoms with Crippen LogP contribution in [-0.4, -0.2) is 53.6 Å². The number of hydrogen-bond acceptors (Lipinski definition) is 6. The van der Waals surface area contributed by atoms with Crippen LogP contribution >= 0.6 is 15.9 Å². The van der Waals surface area contributed by atoms with E-state index < -0.39 is 0 Å². The van der Waals surface area contributed by atoms with Crippen molar-refractivity contribution in [1.29, 1.82) is 0 Å². The highest BCUT2D eigenvalue weighted by atomic mass is 79.9. The molecule has 0 amide bonds. The van der Waals surface area contributed by atoms with Crippen molar-refractivity contribution in [3.63, 3.8) is 0 Å². The quantitative estimate of drug-likeness (QED) is 0.746. The summed E-state index contributed by atoms with van der Waals surface area (Å²) in [4.78, 5) is 21.2. The topological polar surface area (TPSA) is 62.6 Å². The van der Waals surface area contributed by atoms with Crippen molar-refractivity contribution in [3.8, 4) is 0 Å². The molecule has 2 aromatic heterocycles. The molecular weight excluding hydrogens is 398 g/mol. The van der Waals surface area contributed by atoms with Gasteiger partial charge in [-0.2, -0.15) is 0 Å². The monoisotopic (exact) mass is 419 g/mol. The molecule has 4 rings (SSSR count). The first-order valence-corrected chi connectivity index (χ1v) is 9.96. The predicted molar refractivity (Wildman–Crippen MR) is 105 cm³/mol. The van der Waals surface area contributed by atoms with Gasteiger partial charge in [0.2, 0.25) is 0 Å². The average molecular weight is 420 g/mol. The van der Waals surface area contributed by atoms with Crippen LogP contribution in [0.1, 0.15) is 12.0 Å². The first kappa shape index (κ1) is 17.5. The summed E-state index contributed by atoms with van der Waals surface area (Å²) in [6, 6.07) is 7.30. The zero-order chi connectivity index (χ0) is 17.9. The molecule has 8 heteroatoms. The van der Waals surface area contributed by atoms with Gasteiger partial charge in [-0.15, -0.1) is 0 Å². The first-order chi connectivity index (χ1) is 12.7. The number of rotatable bonds is 5. The van der Waals surface area contributed by atoms with Crippen LogP contribution in [0.3, 0.4) is 0 Å². The van der Waals surface area contributed by atoms with Gasteiger partial charge in [-0.25, -0.2) is 9.66 Å². The summed E-state index contributed by atoms with van der Waals surface area (Å²) >= 11 is 3.40. The maximum atomic E-state index is 12.0. The molecule has 2 saturated heterocycles. The average Bonchev–Trinajstić information content (AvgIpc) is 2.63. The van der Waals surface area contributed by atoms with Gasteiger partial charge in [0.25, 0.3) is 5.56 Å². The number of nitrogens with zero attached hydrogens (tertiary/aromatic N) is 4. The smallest absolute Gasteiger partial charge is 0.269 e. The van der Waals surface area contributed by atoms with Crippen LogP contribution in [-0.2, 0) is 10.1 Å². The van der Waals surface area contributed by atoms with Crippen LogP contribution in [0.15, 0.2) is 41.5 Å². The maximum absolute atomic E-state index is 12.0. The molecule has 1 unspecified atom stereocenters. The van der Waals surface area contributed by atoms with E-state index in [1.165, 1.54) is 4.68 Å². The number of ether oxygens (including phenoxy) is 1. The number of halogens is 1. The van der Waals surface area contributed by atoms with E-state index in [-0.39, 0.29) is 5.56 Å². The van der Waals surface area contributed by atoms with Crippen LogP contribution in [0.2, 0.25) is 0 Å². The third kappa shape index (κ3) is 3.77. The Bertz CT molecular complexity index is 798. The summed E-state index contributed by atoms with van der Waals surface area (Å²) in [5, 5.41) is 0.694. The third-order valence-electron chi connectivity index (χ3n) is 4.87. The number of aromatic nitrogens is 2. The minimum atomic E-state index is -0.116. The Kier molecular flexibility index (Phi) is 5.23. The number of pyridine rings is 2. The van der Waals surface area contributed by atoms with Crippen molar-refractivity contribution in [3.05, 3.63) is 52.6 Å². The van der Waals surface area contributed by atoms with Crippen LogP contribution in [0.5, 0.6) is 0 Å². The minimum Gasteiger partial charge on any atom is -0.368 e. The molecule has 0 spiro atoms. The molecule has 1 atom stereocenters. The fourth-order valence-corrected chi connectivity index (χ4v) is 3.57. The molecule has 4 heterocycles. The number of anilines is 2. The fourth-order valence-electron chi connectivity index (χ4n) is 3.24. The molecule has 1 N–H and O–H groups in total. The van der Waals surface area contributed by atoms with E-state index in [4.69, 9.17) is 4.74 Å². The van der Waals surface area contributed by atoms with Crippen molar-refractivity contribution >= 4 is 27.4 Å². The third-order valence-corrected chi connectivity index (χ3v) is 5.52. The molecule has 0 aliphatic carbocycles. The highest BCUT2D eigenvalue weighted by Gasteiger charge is 2.28. The van der Waals surface area contributed by atoms with E-state index in [2.05, 4.69) is 36.1 Å². The second-order valence-electron chi connectivity index (χ2n) is 6.53. The Labute approximate surface area is 160 Å². The zero-order valence-corrected chi connectivity index (χ0v) is 16.1. The molecule has 2 aliphatic rings. The normalized spacial score (nSPS) is 20.7. The lowest BCUT2D eigenvalue weighted by atomic mass is 10.2. The Morgan fingerprint density at radius 1 is 1.19 bits per heavy atom. The van der Waals surface area contributed by atoms with Gasteiger partial charge in [0, 0.05) is 50.2 Å². The second-order valence-corrected chi connectivity index (χ2v) is 7.09. The fraction of sp³-hybridized carbons (Fsp3) is 0.444. The Morgan fingerprint density at radius 2 is 2.00 bits per heavy atom. The number of nitrogens with one attached hydrogen (secondary N) is 1. The second kappa shape index (κ2) is 7.77. The molecule has 2 fully saturated rings. The van der Waals surface area contributed by atoms with E-state index in [1.54, 1.807) is 18.3 Å². The van der Waals surface area contributed by atoms with E-state index in [1.807, 2.05) is 18.3 Å². The summed E-state index contributed by atoms with van der Waals surface area (Å²) in [6.45, 7) is 4.87. The maximum Gasteiger partial charge on any atom is 0.269 e. The molecule has 0 radical (unpaired) electrons. The number of hydrogen-bond donors (Lipinski definition) is 1. The Hall–Kier alpha value is -1.90.